The summed E-state index contributed by atoms with van der Waals surface area (Å²) in [5, 5.41) is 20.0. The van der Waals surface area contributed by atoms with E-state index in [9.17, 15) is 15.2 Å². The summed E-state index contributed by atoms with van der Waals surface area (Å²) in [4.78, 5) is 30.3. The maximum atomic E-state index is 11.6. The number of hydrogen-bond donors (Lipinski definition) is 1. The maximum absolute atomic E-state index is 11.6. The van der Waals surface area contributed by atoms with Gasteiger partial charge in [-0.25, -0.2) is 4.79 Å². The summed E-state index contributed by atoms with van der Waals surface area (Å²) in [6, 6.07) is 42.1. The molecule has 1 aliphatic rings. The molecule has 0 aliphatic heterocycles. The first kappa shape index (κ1) is 44.0. The van der Waals surface area contributed by atoms with Crippen molar-refractivity contribution in [2.45, 2.75) is 47.0 Å². The number of nitrogens with zero attached hydrogens (tertiary/aromatic N) is 2. The van der Waals surface area contributed by atoms with E-state index in [1.54, 1.807) is 11.3 Å². The number of aliphatic carboxylic acids is 1. The average molecular weight is 1050 g/mol. The summed E-state index contributed by atoms with van der Waals surface area (Å²) in [5.74, 6) is -1.20. The molecule has 0 amide bonds. The molecule has 0 saturated carbocycles. The Balaban J connectivity index is 0.799. The third kappa shape index (κ3) is 7.27. The topological polar surface area (TPSA) is 64.3 Å². The Morgan fingerprint density at radius 1 is 0.529 bits per heavy atom. The molecule has 9 heterocycles. The Labute approximate surface area is 429 Å². The van der Waals surface area contributed by atoms with Crippen LogP contribution in [0.25, 0.3) is 83.4 Å². The Morgan fingerprint density at radius 2 is 1.01 bits per heavy atom. The highest BCUT2D eigenvalue weighted by molar-refractivity contribution is 7.42. The molecule has 0 radical (unpaired) electrons. The number of carboxylic acids is 1. The van der Waals surface area contributed by atoms with Gasteiger partial charge in [-0.05, 0) is 152 Å². The molecule has 1 N–H and O–H groups in total. The van der Waals surface area contributed by atoms with Gasteiger partial charge in [-0.15, -0.1) is 102 Å². The van der Waals surface area contributed by atoms with Gasteiger partial charge < -0.3 is 10.0 Å². The number of carboxylic acid groups (broad SMARTS) is 1. The van der Waals surface area contributed by atoms with Crippen LogP contribution >= 0.6 is 102 Å². The van der Waals surface area contributed by atoms with Gasteiger partial charge in [0.05, 0.1) is 18.8 Å². The molecule has 334 valence electrons. The minimum absolute atomic E-state index is 0.213. The van der Waals surface area contributed by atoms with E-state index in [0.717, 1.165) is 4.88 Å². The van der Waals surface area contributed by atoms with Gasteiger partial charge in [0.1, 0.15) is 16.6 Å². The van der Waals surface area contributed by atoms with Crippen LogP contribution in [0, 0.1) is 39.0 Å². The van der Waals surface area contributed by atoms with E-state index < -0.39 is 5.97 Å². The highest BCUT2D eigenvalue weighted by Crippen LogP contribution is 2.60. The number of aryl methyl sites for hydroxylation is 4. The molecule has 13 heteroatoms. The second-order valence-electron chi connectivity index (χ2n) is 17.5. The summed E-state index contributed by atoms with van der Waals surface area (Å²) in [6.45, 7) is 13.4. The average Bonchev–Trinajstić information content (AvgIpc) is 4.15. The molecule has 1 aliphatic carbocycles. The highest BCUT2D eigenvalue weighted by atomic mass is 32.1. The van der Waals surface area contributed by atoms with Gasteiger partial charge in [0.15, 0.2) is 0 Å². The Kier molecular flexibility index (Phi) is 10.8. The van der Waals surface area contributed by atoms with Crippen molar-refractivity contribution in [2.24, 2.45) is 0 Å². The molecule has 0 saturated heterocycles. The number of nitriles is 1. The largest absolute Gasteiger partial charge is 0.477 e. The molecule has 9 aromatic heterocycles. The fourth-order valence-corrected chi connectivity index (χ4v) is 20.9. The van der Waals surface area contributed by atoms with Gasteiger partial charge in [0.25, 0.3) is 0 Å². The zero-order valence-corrected chi connectivity index (χ0v) is 44.7. The van der Waals surface area contributed by atoms with Crippen LogP contribution in [0.2, 0.25) is 0 Å². The Hall–Kier alpha value is -5.24. The molecule has 0 bridgehead atoms. The van der Waals surface area contributed by atoms with Crippen LogP contribution in [0.1, 0.15) is 52.1 Å². The first-order valence-electron chi connectivity index (χ1n) is 21.8. The van der Waals surface area contributed by atoms with Gasteiger partial charge >= 0.3 is 5.97 Å². The summed E-state index contributed by atoms with van der Waals surface area (Å²) >= 11 is 16.7. The summed E-state index contributed by atoms with van der Waals surface area (Å²) in [7, 11) is 0. The van der Waals surface area contributed by atoms with E-state index in [4.69, 9.17) is 0 Å². The van der Waals surface area contributed by atoms with Gasteiger partial charge in [-0.2, -0.15) is 5.26 Å². The predicted octanol–water partition coefficient (Wildman–Crippen LogP) is 19.9. The van der Waals surface area contributed by atoms with Crippen molar-refractivity contribution < 1.29 is 9.90 Å². The molecule has 12 rings (SSSR count). The second-order valence-corrected chi connectivity index (χ2v) is 27.0. The number of hydrogen-bond acceptors (Lipinski definition) is 12. The number of carbonyl (C=O) groups is 1. The first-order valence-corrected chi connectivity index (χ1v) is 29.1. The SMILES string of the molecule is Cc1cccc(N(c2cccc(C)c2)c2ccc(-c3ccc(-c4ccc(-c5ccc(-c6sc7c(sc8c(C)c(-c9cc%10c(s9)-c9sc(C=C(C#N)C(=O)O)cc9C%10(C)C)sc87)c6C)s5)s4)s3)s2)c1. The third-order valence-corrected chi connectivity index (χ3v) is 24.7. The summed E-state index contributed by atoms with van der Waals surface area (Å²) < 4.78 is 5.56. The molecular weight excluding hydrogens is 1010 g/mol. The molecule has 68 heavy (non-hydrogen) atoms. The van der Waals surface area contributed by atoms with Crippen LogP contribution in [0.3, 0.4) is 0 Å². The van der Waals surface area contributed by atoms with Crippen molar-refractivity contribution in [1.82, 2.24) is 0 Å². The van der Waals surface area contributed by atoms with Gasteiger partial charge in [0.2, 0.25) is 0 Å². The minimum atomic E-state index is -1.20. The Bertz CT molecular complexity index is 3860. The lowest BCUT2D eigenvalue weighted by atomic mass is 9.83. The fraction of sp³-hybridized carbons (Fsp3) is 0.127. The van der Waals surface area contributed by atoms with E-state index in [1.807, 2.05) is 96.8 Å². The van der Waals surface area contributed by atoms with Crippen molar-refractivity contribution in [3.63, 3.8) is 0 Å². The number of anilines is 3. The van der Waals surface area contributed by atoms with Crippen molar-refractivity contribution in [2.75, 3.05) is 4.90 Å². The van der Waals surface area contributed by atoms with Gasteiger partial charge in [-0.3, -0.25) is 0 Å². The molecule has 11 aromatic rings. The van der Waals surface area contributed by atoms with Gasteiger partial charge in [-0.1, -0.05) is 38.1 Å². The first-order chi connectivity index (χ1) is 32.8. The van der Waals surface area contributed by atoms with Crippen molar-refractivity contribution >= 4 is 149 Å². The third-order valence-electron chi connectivity index (χ3n) is 12.6. The van der Waals surface area contributed by atoms with E-state index in [0.29, 0.717) is 0 Å². The zero-order valence-electron chi connectivity index (χ0n) is 37.4. The quantitative estimate of drug-likeness (QED) is 0.109. The number of benzene rings is 2. The van der Waals surface area contributed by atoms with Crippen LogP contribution in [0.15, 0.2) is 115 Å². The Morgan fingerprint density at radius 3 is 1.56 bits per heavy atom. The molecule has 0 fully saturated rings. The van der Waals surface area contributed by atoms with Crippen LogP contribution < -0.4 is 4.90 Å². The maximum Gasteiger partial charge on any atom is 0.346 e. The standard InChI is InChI=1S/C55H38N2O2S9/c1-27-9-7-11-32(21-27)57(33-12-8-10-28(2)22-33)45-20-19-42(64-45)41-16-15-38(62-41)37-13-14-39(61-37)40-17-18-43(63-40)46-29(3)48-52(66-46)53-49(68-48)30(4)47(67-53)44-25-36-51(65-44)50-35(55(36,5)6)24-34(60-50)23-31(26-56)54(58)59/h7-25H,1-6H3,(H,58,59). The molecule has 2 aromatic carbocycles. The minimum Gasteiger partial charge on any atom is -0.477 e. The van der Waals surface area contributed by atoms with E-state index in [1.165, 1.54) is 133 Å². The lowest BCUT2D eigenvalue weighted by Gasteiger charge is -2.24. The lowest BCUT2D eigenvalue weighted by molar-refractivity contribution is -0.132. The van der Waals surface area contributed by atoms with Crippen LogP contribution in [0.5, 0.6) is 0 Å². The fourth-order valence-electron chi connectivity index (χ4n) is 9.11. The summed E-state index contributed by atoms with van der Waals surface area (Å²) in [6.07, 6.45) is 1.50. The van der Waals surface area contributed by atoms with Crippen LogP contribution in [0.4, 0.5) is 16.4 Å². The molecule has 0 atom stereocenters. The van der Waals surface area contributed by atoms with Crippen LogP contribution in [-0.4, -0.2) is 11.1 Å². The number of thiophene rings is 9. The molecule has 0 unspecified atom stereocenters. The van der Waals surface area contributed by atoms with E-state index in [-0.39, 0.29) is 11.0 Å². The van der Waals surface area contributed by atoms with E-state index in [2.05, 4.69) is 156 Å². The molecule has 4 nitrogen and oxygen atoms in total. The van der Waals surface area contributed by atoms with Gasteiger partial charge in [0, 0.05) is 80.2 Å². The number of fused-ring (bicyclic) bond motifs is 6. The van der Waals surface area contributed by atoms with E-state index >= 15 is 0 Å². The predicted molar refractivity (Wildman–Crippen MR) is 302 cm³/mol. The summed E-state index contributed by atoms with van der Waals surface area (Å²) in [5.41, 5.74) is 9.61. The zero-order chi connectivity index (χ0) is 46.7. The van der Waals surface area contributed by atoms with Crippen molar-refractivity contribution in [3.05, 3.63) is 153 Å². The molecule has 0 spiro atoms. The molecular formula is C55H38N2O2S9. The smallest absolute Gasteiger partial charge is 0.346 e. The monoisotopic (exact) mass is 1050 g/mol. The normalized spacial score (nSPS) is 13.2. The second kappa shape index (κ2) is 16.7. The van der Waals surface area contributed by atoms with Crippen LogP contribution in [-0.2, 0) is 10.2 Å². The van der Waals surface area contributed by atoms with Crippen molar-refractivity contribution in [1.29, 1.82) is 5.26 Å². The highest BCUT2D eigenvalue weighted by Gasteiger charge is 2.40. The van der Waals surface area contributed by atoms with Crippen molar-refractivity contribution in [3.8, 4) is 64.6 Å². The number of rotatable bonds is 10. The lowest BCUT2D eigenvalue weighted by Crippen LogP contribution is -2.13.